The van der Waals surface area contributed by atoms with Gasteiger partial charge in [-0.2, -0.15) is 5.10 Å². The summed E-state index contributed by atoms with van der Waals surface area (Å²) in [6.07, 6.45) is 0. The highest BCUT2D eigenvalue weighted by Gasteiger charge is 2.16. The van der Waals surface area contributed by atoms with Gasteiger partial charge in [-0.25, -0.2) is 5.43 Å². The molecule has 0 aliphatic rings. The number of nitrogens with zero attached hydrogens (tertiary/aromatic N) is 1. The number of carbonyl (C=O) groups is 1. The summed E-state index contributed by atoms with van der Waals surface area (Å²) in [5, 5.41) is 4.15. The minimum absolute atomic E-state index is 0.335. The molecule has 2 aromatic rings. The van der Waals surface area contributed by atoms with E-state index in [2.05, 4.69) is 10.5 Å². The Hall–Kier alpha value is -3.22. The third-order valence-electron chi connectivity index (χ3n) is 3.74. The predicted octanol–water partition coefficient (Wildman–Crippen LogP) is 2.88. The highest BCUT2D eigenvalue weighted by molar-refractivity contribution is 6.01. The van der Waals surface area contributed by atoms with E-state index in [1.807, 2.05) is 24.3 Å². The van der Waals surface area contributed by atoms with Gasteiger partial charge in [-0.05, 0) is 31.2 Å². The summed E-state index contributed by atoms with van der Waals surface area (Å²) < 4.78 is 21.0. The third kappa shape index (κ3) is 4.24. The molecule has 138 valence electrons. The van der Waals surface area contributed by atoms with Gasteiger partial charge in [0.1, 0.15) is 5.75 Å². The van der Waals surface area contributed by atoms with Crippen LogP contribution in [-0.2, 0) is 0 Å². The highest BCUT2D eigenvalue weighted by atomic mass is 16.5. The summed E-state index contributed by atoms with van der Waals surface area (Å²) in [5.41, 5.74) is 4.35. The summed E-state index contributed by atoms with van der Waals surface area (Å²) in [6, 6.07) is 10.5. The zero-order chi connectivity index (χ0) is 19.1. The minimum atomic E-state index is -0.397. The topological polar surface area (TPSA) is 78.4 Å². The fraction of sp³-hybridized carbons (Fsp3) is 0.263. The normalized spacial score (nSPS) is 10.9. The molecule has 7 nitrogen and oxygen atoms in total. The molecule has 0 aliphatic heterocycles. The predicted molar refractivity (Wildman–Crippen MR) is 98.8 cm³/mol. The van der Waals surface area contributed by atoms with Gasteiger partial charge in [0.25, 0.3) is 5.91 Å². The second-order valence-corrected chi connectivity index (χ2v) is 5.28. The van der Waals surface area contributed by atoms with E-state index in [1.54, 1.807) is 26.2 Å². The zero-order valence-corrected chi connectivity index (χ0v) is 15.5. The number of amides is 1. The number of hydrogen-bond donors (Lipinski definition) is 1. The summed E-state index contributed by atoms with van der Waals surface area (Å²) in [5.74, 6) is 1.53. The Morgan fingerprint density at radius 1 is 0.885 bits per heavy atom. The monoisotopic (exact) mass is 358 g/mol. The first-order valence-electron chi connectivity index (χ1n) is 7.83. The van der Waals surface area contributed by atoms with Gasteiger partial charge in [0.2, 0.25) is 5.75 Å². The van der Waals surface area contributed by atoms with Gasteiger partial charge in [-0.1, -0.05) is 12.1 Å². The largest absolute Gasteiger partial charge is 0.497 e. The first-order valence-corrected chi connectivity index (χ1v) is 7.83. The minimum Gasteiger partial charge on any atom is -0.497 e. The van der Waals surface area contributed by atoms with Crippen LogP contribution in [0, 0.1) is 0 Å². The van der Waals surface area contributed by atoms with Crippen molar-refractivity contribution in [2.24, 2.45) is 5.10 Å². The molecule has 0 atom stereocenters. The molecule has 2 aromatic carbocycles. The molecular formula is C19H22N2O5. The van der Waals surface area contributed by atoms with Crippen LogP contribution in [0.3, 0.4) is 0 Å². The van der Waals surface area contributed by atoms with Crippen molar-refractivity contribution in [1.82, 2.24) is 5.43 Å². The maximum absolute atomic E-state index is 12.4. The van der Waals surface area contributed by atoms with E-state index in [0.29, 0.717) is 34.3 Å². The molecule has 7 heteroatoms. The van der Waals surface area contributed by atoms with Crippen molar-refractivity contribution in [2.45, 2.75) is 6.92 Å². The summed E-state index contributed by atoms with van der Waals surface area (Å²) in [6.45, 7) is 1.80. The number of ether oxygens (including phenoxy) is 4. The molecule has 0 saturated carbocycles. The van der Waals surface area contributed by atoms with Crippen molar-refractivity contribution in [3.8, 4) is 23.0 Å². The highest BCUT2D eigenvalue weighted by Crippen LogP contribution is 2.38. The maximum atomic E-state index is 12.4. The Kier molecular flexibility index (Phi) is 6.43. The Morgan fingerprint density at radius 3 is 2.08 bits per heavy atom. The van der Waals surface area contributed by atoms with Crippen molar-refractivity contribution in [2.75, 3.05) is 28.4 Å². The number of rotatable bonds is 7. The van der Waals surface area contributed by atoms with Gasteiger partial charge in [-0.3, -0.25) is 4.79 Å². The molecule has 0 aliphatic carbocycles. The average Bonchev–Trinajstić information content (AvgIpc) is 2.70. The SMILES string of the molecule is COc1cccc(/C(C)=N/NC(=O)c2cc(OC)c(OC)c(OC)c2)c1. The lowest BCUT2D eigenvalue weighted by molar-refractivity contribution is 0.0954. The zero-order valence-electron chi connectivity index (χ0n) is 15.5. The van der Waals surface area contributed by atoms with E-state index < -0.39 is 5.91 Å². The van der Waals surface area contributed by atoms with Crippen LogP contribution in [0.5, 0.6) is 23.0 Å². The summed E-state index contributed by atoms with van der Waals surface area (Å²) >= 11 is 0. The molecule has 1 N–H and O–H groups in total. The Morgan fingerprint density at radius 2 is 1.54 bits per heavy atom. The molecule has 0 saturated heterocycles. The van der Waals surface area contributed by atoms with Crippen molar-refractivity contribution in [3.63, 3.8) is 0 Å². The molecule has 0 radical (unpaired) electrons. The van der Waals surface area contributed by atoms with Crippen LogP contribution in [0.15, 0.2) is 41.5 Å². The number of hydrazone groups is 1. The molecule has 0 aromatic heterocycles. The molecule has 0 heterocycles. The van der Waals surface area contributed by atoms with Crippen LogP contribution in [0.4, 0.5) is 0 Å². The summed E-state index contributed by atoms with van der Waals surface area (Å²) in [4.78, 5) is 12.4. The van der Waals surface area contributed by atoms with E-state index in [1.165, 1.54) is 21.3 Å². The molecule has 2 rings (SSSR count). The van der Waals surface area contributed by atoms with Crippen LogP contribution in [0.25, 0.3) is 0 Å². The molecule has 0 unspecified atom stereocenters. The van der Waals surface area contributed by atoms with E-state index >= 15 is 0 Å². The fourth-order valence-electron chi connectivity index (χ4n) is 2.32. The van der Waals surface area contributed by atoms with Gasteiger partial charge in [0, 0.05) is 11.1 Å². The number of nitrogens with one attached hydrogen (secondary N) is 1. The van der Waals surface area contributed by atoms with Crippen LogP contribution in [-0.4, -0.2) is 40.1 Å². The van der Waals surface area contributed by atoms with E-state index in [9.17, 15) is 4.79 Å². The van der Waals surface area contributed by atoms with Crippen molar-refractivity contribution in [3.05, 3.63) is 47.5 Å². The lowest BCUT2D eigenvalue weighted by Crippen LogP contribution is -2.19. The molecule has 0 spiro atoms. The lowest BCUT2D eigenvalue weighted by Gasteiger charge is -2.13. The molecule has 1 amide bonds. The van der Waals surface area contributed by atoms with Crippen molar-refractivity contribution in [1.29, 1.82) is 0 Å². The van der Waals surface area contributed by atoms with Crippen LogP contribution >= 0.6 is 0 Å². The molecule has 0 fully saturated rings. The lowest BCUT2D eigenvalue weighted by atomic mass is 10.1. The summed E-state index contributed by atoms with van der Waals surface area (Å²) in [7, 11) is 6.08. The number of methoxy groups -OCH3 is 4. The number of carbonyl (C=O) groups excluding carboxylic acids is 1. The van der Waals surface area contributed by atoms with Crippen LogP contribution in [0.1, 0.15) is 22.8 Å². The Bertz CT molecular complexity index is 792. The van der Waals surface area contributed by atoms with Crippen molar-refractivity contribution >= 4 is 11.6 Å². The van der Waals surface area contributed by atoms with Gasteiger partial charge in [0.15, 0.2) is 11.5 Å². The molecule has 0 bridgehead atoms. The molecule has 26 heavy (non-hydrogen) atoms. The number of benzene rings is 2. The third-order valence-corrected chi connectivity index (χ3v) is 3.74. The Labute approximate surface area is 152 Å². The number of hydrogen-bond acceptors (Lipinski definition) is 6. The molecular weight excluding hydrogens is 336 g/mol. The Balaban J connectivity index is 2.24. The fourth-order valence-corrected chi connectivity index (χ4v) is 2.32. The van der Waals surface area contributed by atoms with E-state index in [4.69, 9.17) is 18.9 Å². The second kappa shape index (κ2) is 8.75. The standard InChI is InChI=1S/C19H22N2O5/c1-12(13-7-6-8-15(9-13)23-2)20-21-19(22)14-10-16(24-3)18(26-5)17(11-14)25-4/h6-11H,1-5H3,(H,21,22)/b20-12+. The van der Waals surface area contributed by atoms with E-state index in [0.717, 1.165) is 5.56 Å². The van der Waals surface area contributed by atoms with Crippen LogP contribution < -0.4 is 24.4 Å². The maximum Gasteiger partial charge on any atom is 0.271 e. The first kappa shape index (κ1) is 19.1. The van der Waals surface area contributed by atoms with Crippen molar-refractivity contribution < 1.29 is 23.7 Å². The average molecular weight is 358 g/mol. The van der Waals surface area contributed by atoms with E-state index in [-0.39, 0.29) is 0 Å². The van der Waals surface area contributed by atoms with Gasteiger partial charge >= 0.3 is 0 Å². The van der Waals surface area contributed by atoms with Gasteiger partial charge in [-0.15, -0.1) is 0 Å². The smallest absolute Gasteiger partial charge is 0.271 e. The first-order chi connectivity index (χ1) is 12.5. The quantitative estimate of drug-likeness (QED) is 0.608. The van der Waals surface area contributed by atoms with Crippen LogP contribution in [0.2, 0.25) is 0 Å². The van der Waals surface area contributed by atoms with Gasteiger partial charge in [0.05, 0.1) is 34.2 Å². The second-order valence-electron chi connectivity index (χ2n) is 5.28. The van der Waals surface area contributed by atoms with Gasteiger partial charge < -0.3 is 18.9 Å².